The fourth-order valence-corrected chi connectivity index (χ4v) is 3.87. The summed E-state index contributed by atoms with van der Waals surface area (Å²) in [5.41, 5.74) is 6.08. The molecule has 0 fully saturated rings. The van der Waals surface area contributed by atoms with E-state index in [-0.39, 0.29) is 0 Å². The van der Waals surface area contributed by atoms with Crippen molar-refractivity contribution in [1.82, 2.24) is 9.97 Å². The van der Waals surface area contributed by atoms with Gasteiger partial charge in [0.05, 0.1) is 14.9 Å². The fourth-order valence-electron chi connectivity index (χ4n) is 2.89. The van der Waals surface area contributed by atoms with Gasteiger partial charge in [0.15, 0.2) is 5.82 Å². The van der Waals surface area contributed by atoms with E-state index >= 15 is 0 Å². The molecule has 0 saturated carbocycles. The summed E-state index contributed by atoms with van der Waals surface area (Å²) in [6.45, 7) is 6.41. The van der Waals surface area contributed by atoms with Gasteiger partial charge >= 0.3 is 0 Å². The van der Waals surface area contributed by atoms with Gasteiger partial charge in [0, 0.05) is 12.1 Å². The Morgan fingerprint density at radius 1 is 0.917 bits per heavy atom. The van der Waals surface area contributed by atoms with Gasteiger partial charge in [0.25, 0.3) is 0 Å². The van der Waals surface area contributed by atoms with Crippen LogP contribution in [0.2, 0.25) is 4.34 Å². The summed E-state index contributed by atoms with van der Waals surface area (Å²) in [7, 11) is 0. The van der Waals surface area contributed by atoms with Gasteiger partial charge in [-0.2, -0.15) is 0 Å². The van der Waals surface area contributed by atoms with Crippen molar-refractivity contribution in [2.24, 2.45) is 0 Å². The third-order valence-electron chi connectivity index (χ3n) is 4.25. The molecule has 2 nitrogen and oxygen atoms in total. The lowest BCUT2D eigenvalue weighted by atomic mass is 10.0. The van der Waals surface area contributed by atoms with Crippen molar-refractivity contribution in [2.75, 3.05) is 0 Å². The Balaban J connectivity index is 1.99. The summed E-state index contributed by atoms with van der Waals surface area (Å²) in [5, 5.41) is 0. The molecule has 0 N–H and O–H groups in total. The number of thiophene rings is 1. The van der Waals surface area contributed by atoms with Crippen LogP contribution in [0.15, 0.2) is 36.4 Å². The van der Waals surface area contributed by atoms with Gasteiger partial charge < -0.3 is 0 Å². The predicted octanol–water partition coefficient (Wildman–Crippen LogP) is 5.88. The lowest BCUT2D eigenvalue weighted by Crippen LogP contribution is -2.05. The van der Waals surface area contributed by atoms with Crippen molar-refractivity contribution in [3.8, 4) is 10.7 Å². The van der Waals surface area contributed by atoms with E-state index in [1.54, 1.807) is 0 Å². The second-order valence-corrected chi connectivity index (χ2v) is 7.58. The molecule has 24 heavy (non-hydrogen) atoms. The minimum absolute atomic E-state index is 0.766. The maximum absolute atomic E-state index is 6.07. The molecule has 0 saturated heterocycles. The summed E-state index contributed by atoms with van der Waals surface area (Å²) < 4.78 is 0.766. The smallest absolute Gasteiger partial charge is 0.169 e. The van der Waals surface area contributed by atoms with Crippen LogP contribution in [-0.2, 0) is 19.3 Å². The molecule has 0 radical (unpaired) electrons. The highest BCUT2D eigenvalue weighted by atomic mass is 35.5. The van der Waals surface area contributed by atoms with E-state index in [0.29, 0.717) is 0 Å². The maximum Gasteiger partial charge on any atom is 0.169 e. The maximum atomic E-state index is 6.07. The summed E-state index contributed by atoms with van der Waals surface area (Å²) in [6.07, 6.45) is 2.85. The van der Waals surface area contributed by atoms with Gasteiger partial charge in [-0.05, 0) is 48.6 Å². The van der Waals surface area contributed by atoms with Gasteiger partial charge in [0.1, 0.15) is 0 Å². The van der Waals surface area contributed by atoms with Gasteiger partial charge in [-0.3, -0.25) is 0 Å². The Bertz CT molecular complexity index is 837. The summed E-state index contributed by atoms with van der Waals surface area (Å²) in [6, 6.07) is 12.7. The lowest BCUT2D eigenvalue weighted by molar-refractivity contribution is 0.926. The quantitative estimate of drug-likeness (QED) is 0.570. The van der Waals surface area contributed by atoms with Crippen LogP contribution >= 0.6 is 22.9 Å². The van der Waals surface area contributed by atoms with Crippen molar-refractivity contribution in [1.29, 1.82) is 0 Å². The normalized spacial score (nSPS) is 11.0. The molecule has 0 spiro atoms. The zero-order chi connectivity index (χ0) is 17.1. The minimum atomic E-state index is 0.766. The highest BCUT2D eigenvalue weighted by molar-refractivity contribution is 7.19. The first-order valence-electron chi connectivity index (χ1n) is 8.30. The van der Waals surface area contributed by atoms with Crippen LogP contribution in [0.5, 0.6) is 0 Å². The molecule has 0 amide bonds. The van der Waals surface area contributed by atoms with Gasteiger partial charge in [-0.25, -0.2) is 9.97 Å². The molecule has 3 rings (SSSR count). The monoisotopic (exact) mass is 356 g/mol. The van der Waals surface area contributed by atoms with E-state index in [2.05, 4.69) is 45.0 Å². The number of nitrogens with zero attached hydrogens (tertiary/aromatic N) is 2. The third-order valence-corrected chi connectivity index (χ3v) is 5.48. The van der Waals surface area contributed by atoms with Crippen molar-refractivity contribution >= 4 is 22.9 Å². The van der Waals surface area contributed by atoms with E-state index in [4.69, 9.17) is 21.6 Å². The minimum Gasteiger partial charge on any atom is -0.232 e. The number of halogens is 1. The number of rotatable bonds is 5. The Kier molecular flexibility index (Phi) is 5.32. The summed E-state index contributed by atoms with van der Waals surface area (Å²) >= 11 is 7.59. The molecule has 0 aliphatic carbocycles. The standard InChI is InChI=1S/C20H21ClN2S/c1-4-14-6-8-15(9-7-14)12-17-16(5-2)13(3)22-20(23-17)18-10-11-19(21)24-18/h6-11H,4-5,12H2,1-3H3. The van der Waals surface area contributed by atoms with Crippen LogP contribution in [0.25, 0.3) is 10.7 Å². The van der Waals surface area contributed by atoms with E-state index in [1.165, 1.54) is 28.0 Å². The molecule has 3 aromatic rings. The summed E-state index contributed by atoms with van der Waals surface area (Å²) in [4.78, 5) is 10.6. The average Bonchev–Trinajstić information content (AvgIpc) is 3.02. The van der Waals surface area contributed by atoms with Crippen LogP contribution < -0.4 is 0 Å². The fraction of sp³-hybridized carbons (Fsp3) is 0.300. The molecule has 0 atom stereocenters. The van der Waals surface area contributed by atoms with E-state index in [0.717, 1.165) is 45.7 Å². The molecule has 0 aliphatic rings. The first kappa shape index (κ1) is 17.1. The third kappa shape index (κ3) is 3.68. The highest BCUT2D eigenvalue weighted by Crippen LogP contribution is 2.30. The number of aryl methyl sites for hydroxylation is 2. The SMILES string of the molecule is CCc1ccc(Cc2nc(-c3ccc(Cl)s3)nc(C)c2CC)cc1. The molecule has 2 heterocycles. The topological polar surface area (TPSA) is 25.8 Å². The Hall–Kier alpha value is -1.71. The van der Waals surface area contributed by atoms with Gasteiger partial charge in [-0.1, -0.05) is 49.7 Å². The Morgan fingerprint density at radius 2 is 1.62 bits per heavy atom. The Labute approximate surface area is 152 Å². The van der Waals surface area contributed by atoms with Gasteiger partial charge in [0.2, 0.25) is 0 Å². The van der Waals surface area contributed by atoms with Gasteiger partial charge in [-0.15, -0.1) is 11.3 Å². The molecular formula is C20H21ClN2S. The molecule has 0 unspecified atom stereocenters. The van der Waals surface area contributed by atoms with Crippen molar-refractivity contribution < 1.29 is 0 Å². The highest BCUT2D eigenvalue weighted by Gasteiger charge is 2.13. The molecule has 0 aliphatic heterocycles. The zero-order valence-electron chi connectivity index (χ0n) is 14.3. The predicted molar refractivity (Wildman–Crippen MR) is 103 cm³/mol. The van der Waals surface area contributed by atoms with Crippen molar-refractivity contribution in [2.45, 2.75) is 40.0 Å². The van der Waals surface area contributed by atoms with Crippen LogP contribution in [0.1, 0.15) is 41.9 Å². The molecule has 2 aromatic heterocycles. The largest absolute Gasteiger partial charge is 0.232 e. The Morgan fingerprint density at radius 3 is 2.21 bits per heavy atom. The van der Waals surface area contributed by atoms with E-state index in [1.807, 2.05) is 12.1 Å². The molecular weight excluding hydrogens is 336 g/mol. The molecule has 1 aromatic carbocycles. The second-order valence-electron chi connectivity index (χ2n) is 5.86. The average molecular weight is 357 g/mol. The second kappa shape index (κ2) is 7.45. The molecule has 4 heteroatoms. The number of benzene rings is 1. The summed E-state index contributed by atoms with van der Waals surface area (Å²) in [5.74, 6) is 0.779. The molecule has 0 bridgehead atoms. The van der Waals surface area contributed by atoms with Crippen molar-refractivity contribution in [3.05, 3.63) is 68.8 Å². The first-order chi connectivity index (χ1) is 11.6. The van der Waals surface area contributed by atoms with Crippen LogP contribution in [0.4, 0.5) is 0 Å². The zero-order valence-corrected chi connectivity index (χ0v) is 15.8. The number of aromatic nitrogens is 2. The van der Waals surface area contributed by atoms with E-state index in [9.17, 15) is 0 Å². The number of hydrogen-bond acceptors (Lipinski definition) is 3. The molecule has 124 valence electrons. The first-order valence-corrected chi connectivity index (χ1v) is 9.50. The van der Waals surface area contributed by atoms with E-state index < -0.39 is 0 Å². The number of hydrogen-bond donors (Lipinski definition) is 0. The van der Waals surface area contributed by atoms with Crippen LogP contribution in [0.3, 0.4) is 0 Å². The van der Waals surface area contributed by atoms with Crippen molar-refractivity contribution in [3.63, 3.8) is 0 Å². The lowest BCUT2D eigenvalue weighted by Gasteiger charge is -2.12. The van der Waals surface area contributed by atoms with Crippen LogP contribution in [0, 0.1) is 6.92 Å². The van der Waals surface area contributed by atoms with Crippen LogP contribution in [-0.4, -0.2) is 9.97 Å².